The lowest BCUT2D eigenvalue weighted by atomic mass is 10.2. The molecule has 0 aliphatic carbocycles. The van der Waals surface area contributed by atoms with Gasteiger partial charge in [-0.1, -0.05) is 43.8 Å². The second kappa shape index (κ2) is 9.27. The molecule has 0 saturated heterocycles. The van der Waals surface area contributed by atoms with Gasteiger partial charge in [-0.25, -0.2) is 9.59 Å². The van der Waals surface area contributed by atoms with Crippen LogP contribution in [0.1, 0.15) is 30.1 Å². The average Bonchev–Trinajstić information content (AvgIpc) is 2.64. The van der Waals surface area contributed by atoms with Crippen LogP contribution in [0.25, 0.3) is 0 Å². The molecule has 0 N–H and O–H groups in total. The summed E-state index contributed by atoms with van der Waals surface area (Å²) < 4.78 is 16.3. The fourth-order valence-corrected chi connectivity index (χ4v) is 2.06. The highest BCUT2D eigenvalue weighted by atomic mass is 16.7. The molecule has 25 heavy (non-hydrogen) atoms. The molecule has 2 rings (SSSR count). The van der Waals surface area contributed by atoms with Crippen molar-refractivity contribution in [3.8, 4) is 11.5 Å². The predicted octanol–water partition coefficient (Wildman–Crippen LogP) is 4.14. The highest BCUT2D eigenvalue weighted by Gasteiger charge is 2.18. The van der Waals surface area contributed by atoms with Crippen molar-refractivity contribution in [3.63, 3.8) is 0 Å². The molecule has 0 aliphatic heterocycles. The van der Waals surface area contributed by atoms with Crippen molar-refractivity contribution in [2.75, 3.05) is 0 Å². The summed E-state index contributed by atoms with van der Waals surface area (Å²) in [5.74, 6) is -0.488. The first kappa shape index (κ1) is 18.3. The molecule has 130 valence electrons. The van der Waals surface area contributed by atoms with Gasteiger partial charge in [-0.2, -0.15) is 0 Å². The molecule has 0 aliphatic rings. The molecular weight excluding hydrogens is 320 g/mol. The van der Waals surface area contributed by atoms with Crippen molar-refractivity contribution in [2.45, 2.75) is 26.1 Å². The van der Waals surface area contributed by atoms with Gasteiger partial charge in [0.1, 0.15) is 0 Å². The highest BCUT2D eigenvalue weighted by molar-refractivity contribution is 5.91. The zero-order valence-corrected chi connectivity index (χ0v) is 14.0. The van der Waals surface area contributed by atoms with Crippen LogP contribution < -0.4 is 9.47 Å². The van der Waals surface area contributed by atoms with Gasteiger partial charge in [0.05, 0.1) is 5.56 Å². The summed E-state index contributed by atoms with van der Waals surface area (Å²) in [6.45, 7) is 5.32. The first-order valence-corrected chi connectivity index (χ1v) is 8.00. The van der Waals surface area contributed by atoms with Gasteiger partial charge in [-0.3, -0.25) is 0 Å². The number of carbonyl (C=O) groups is 2. The van der Waals surface area contributed by atoms with Gasteiger partial charge in [0, 0.05) is 12.5 Å². The minimum Gasteiger partial charge on any atom is -0.451 e. The quantitative estimate of drug-likeness (QED) is 0.313. The Labute approximate surface area is 146 Å². The van der Waals surface area contributed by atoms with Crippen LogP contribution in [0.3, 0.4) is 0 Å². The molecule has 0 heterocycles. The molecular formula is C20H20O5. The van der Waals surface area contributed by atoms with Gasteiger partial charge < -0.3 is 14.2 Å². The maximum atomic E-state index is 12.2. The zero-order chi connectivity index (χ0) is 18.1. The van der Waals surface area contributed by atoms with E-state index in [1.54, 1.807) is 48.5 Å². The molecule has 0 radical (unpaired) electrons. The van der Waals surface area contributed by atoms with Crippen molar-refractivity contribution in [2.24, 2.45) is 0 Å². The number of hydrogen-bond acceptors (Lipinski definition) is 5. The maximum Gasteiger partial charge on any atom is 0.343 e. The van der Waals surface area contributed by atoms with E-state index in [9.17, 15) is 9.59 Å². The molecule has 2 aromatic carbocycles. The Morgan fingerprint density at radius 1 is 1.04 bits per heavy atom. The van der Waals surface area contributed by atoms with Gasteiger partial charge in [-0.15, -0.1) is 0 Å². The van der Waals surface area contributed by atoms with Gasteiger partial charge >= 0.3 is 11.9 Å². The number of ether oxygens (including phenoxy) is 3. The smallest absolute Gasteiger partial charge is 0.343 e. The Kier molecular flexibility index (Phi) is 6.77. The van der Waals surface area contributed by atoms with E-state index in [2.05, 4.69) is 6.58 Å². The molecule has 0 fully saturated rings. The third kappa shape index (κ3) is 5.49. The fraction of sp³-hybridized carbons (Fsp3) is 0.200. The summed E-state index contributed by atoms with van der Waals surface area (Å²) in [6, 6.07) is 15.4. The van der Waals surface area contributed by atoms with E-state index in [0.717, 1.165) is 12.5 Å². The minimum atomic E-state index is -0.785. The van der Waals surface area contributed by atoms with Crippen LogP contribution in [0.4, 0.5) is 0 Å². The molecule has 0 bridgehead atoms. The summed E-state index contributed by atoms with van der Waals surface area (Å²) in [5, 5.41) is 0. The van der Waals surface area contributed by atoms with E-state index in [4.69, 9.17) is 14.2 Å². The second-order valence-electron chi connectivity index (χ2n) is 5.18. The van der Waals surface area contributed by atoms with Crippen LogP contribution in [0.5, 0.6) is 11.5 Å². The highest BCUT2D eigenvalue weighted by Crippen LogP contribution is 2.29. The summed E-state index contributed by atoms with van der Waals surface area (Å²) in [6.07, 6.45) is 1.54. The van der Waals surface area contributed by atoms with E-state index in [-0.39, 0.29) is 5.75 Å². The van der Waals surface area contributed by atoms with Crippen LogP contribution in [0.15, 0.2) is 67.3 Å². The first-order valence-electron chi connectivity index (χ1n) is 8.00. The van der Waals surface area contributed by atoms with E-state index < -0.39 is 18.2 Å². The Hall–Kier alpha value is -3.08. The minimum absolute atomic E-state index is 0.257. The van der Waals surface area contributed by atoms with Gasteiger partial charge in [0.25, 0.3) is 0 Å². The number of hydrogen-bond donors (Lipinski definition) is 0. The van der Waals surface area contributed by atoms with E-state index >= 15 is 0 Å². The number of esters is 2. The first-order chi connectivity index (χ1) is 12.1. The van der Waals surface area contributed by atoms with Crippen molar-refractivity contribution >= 4 is 11.9 Å². The summed E-state index contributed by atoms with van der Waals surface area (Å²) >= 11 is 0. The number of benzene rings is 2. The Morgan fingerprint density at radius 3 is 2.32 bits per heavy atom. The fourth-order valence-electron chi connectivity index (χ4n) is 2.06. The topological polar surface area (TPSA) is 61.8 Å². The maximum absolute atomic E-state index is 12.2. The van der Waals surface area contributed by atoms with E-state index in [0.29, 0.717) is 17.7 Å². The van der Waals surface area contributed by atoms with E-state index in [1.165, 1.54) is 0 Å². The van der Waals surface area contributed by atoms with Crippen molar-refractivity contribution in [1.29, 1.82) is 0 Å². The van der Waals surface area contributed by atoms with E-state index in [1.807, 2.05) is 13.0 Å². The van der Waals surface area contributed by atoms with Crippen LogP contribution in [0.2, 0.25) is 0 Å². The second-order valence-corrected chi connectivity index (χ2v) is 5.18. The third-order valence-electron chi connectivity index (χ3n) is 3.26. The lowest BCUT2D eigenvalue weighted by Crippen LogP contribution is -2.23. The van der Waals surface area contributed by atoms with Gasteiger partial charge in [-0.05, 0) is 30.7 Å². The standard InChI is InChI=1S/C20H20O5/c1-3-10-19(25-18(21)4-2)23-16-13-8-9-14-17(16)24-20(22)15-11-6-5-7-12-15/h4-9,11-14,19H,2-3,10H2,1H3. The zero-order valence-electron chi connectivity index (χ0n) is 14.0. The number of carbonyl (C=O) groups excluding carboxylic acids is 2. The normalized spacial score (nSPS) is 11.2. The average molecular weight is 340 g/mol. The monoisotopic (exact) mass is 340 g/mol. The largest absolute Gasteiger partial charge is 0.451 e. The van der Waals surface area contributed by atoms with Crippen molar-refractivity contribution < 1.29 is 23.8 Å². The van der Waals surface area contributed by atoms with Crippen LogP contribution >= 0.6 is 0 Å². The molecule has 5 heteroatoms. The summed E-state index contributed by atoms with van der Waals surface area (Å²) in [5.41, 5.74) is 0.431. The lowest BCUT2D eigenvalue weighted by Gasteiger charge is -2.19. The van der Waals surface area contributed by atoms with Crippen LogP contribution in [-0.2, 0) is 9.53 Å². The third-order valence-corrected chi connectivity index (χ3v) is 3.26. The predicted molar refractivity (Wildman–Crippen MR) is 93.5 cm³/mol. The number of rotatable bonds is 8. The molecule has 2 aromatic rings. The molecule has 0 aromatic heterocycles. The summed E-state index contributed by atoms with van der Waals surface area (Å²) in [7, 11) is 0. The Bertz CT molecular complexity index is 724. The molecule has 1 unspecified atom stereocenters. The van der Waals surface area contributed by atoms with Crippen LogP contribution in [-0.4, -0.2) is 18.2 Å². The molecule has 0 amide bonds. The van der Waals surface area contributed by atoms with Gasteiger partial charge in [0.15, 0.2) is 11.5 Å². The lowest BCUT2D eigenvalue weighted by molar-refractivity contribution is -0.158. The Balaban J connectivity index is 2.14. The SMILES string of the molecule is C=CC(=O)OC(CCC)Oc1ccccc1OC(=O)c1ccccc1. The van der Waals surface area contributed by atoms with Crippen molar-refractivity contribution in [1.82, 2.24) is 0 Å². The molecule has 0 saturated carbocycles. The number of para-hydroxylation sites is 2. The molecule has 1 atom stereocenters. The van der Waals surface area contributed by atoms with Gasteiger partial charge in [0.2, 0.25) is 6.29 Å². The van der Waals surface area contributed by atoms with Crippen molar-refractivity contribution in [3.05, 3.63) is 72.8 Å². The molecule has 0 spiro atoms. The Morgan fingerprint density at radius 2 is 1.68 bits per heavy atom. The summed E-state index contributed by atoms with van der Waals surface area (Å²) in [4.78, 5) is 23.7. The van der Waals surface area contributed by atoms with Crippen LogP contribution in [0, 0.1) is 0 Å². The molecule has 5 nitrogen and oxygen atoms in total.